The van der Waals surface area contributed by atoms with Gasteiger partial charge in [0.15, 0.2) is 9.84 Å². The van der Waals surface area contributed by atoms with Gasteiger partial charge in [0.05, 0.1) is 4.90 Å². The summed E-state index contributed by atoms with van der Waals surface area (Å²) in [6.07, 6.45) is 3.93. The van der Waals surface area contributed by atoms with Crippen LogP contribution in [-0.4, -0.2) is 40.3 Å². The van der Waals surface area contributed by atoms with Crippen molar-refractivity contribution in [2.24, 2.45) is 0 Å². The van der Waals surface area contributed by atoms with Crippen LogP contribution in [0.25, 0.3) is 0 Å². The molecule has 28 heavy (non-hydrogen) atoms. The van der Waals surface area contributed by atoms with Crippen LogP contribution in [-0.2, 0) is 31.2 Å². The van der Waals surface area contributed by atoms with Crippen molar-refractivity contribution in [3.63, 3.8) is 0 Å². The van der Waals surface area contributed by atoms with E-state index in [1.165, 1.54) is 11.8 Å². The molecule has 3 rings (SSSR count). The van der Waals surface area contributed by atoms with Crippen LogP contribution in [0, 0.1) is 0 Å². The molecule has 1 amide bonds. The molecule has 0 atom stereocenters. The maximum Gasteiger partial charge on any atom is 0.220 e. The topological polar surface area (TPSA) is 72.5 Å². The van der Waals surface area contributed by atoms with Crippen molar-refractivity contribution in [2.45, 2.75) is 36.0 Å². The largest absolute Gasteiger partial charge is 0.381 e. The molecule has 0 bridgehead atoms. The van der Waals surface area contributed by atoms with Crippen LogP contribution in [0.3, 0.4) is 0 Å². The fraction of sp³-hybridized carbons (Fsp3) is 0.409. The van der Waals surface area contributed by atoms with Gasteiger partial charge in [-0.2, -0.15) is 0 Å². The number of nitrogens with one attached hydrogen (secondary N) is 1. The third-order valence-electron chi connectivity index (χ3n) is 5.45. The molecule has 0 saturated carbocycles. The minimum absolute atomic E-state index is 0.00832. The minimum atomic E-state index is -3.19. The van der Waals surface area contributed by atoms with Crippen molar-refractivity contribution in [2.75, 3.05) is 26.0 Å². The van der Waals surface area contributed by atoms with Gasteiger partial charge >= 0.3 is 0 Å². The van der Waals surface area contributed by atoms with E-state index in [-0.39, 0.29) is 11.3 Å². The standard InChI is InChI=1S/C22H27NO4S/c1-28(25,26)20-10-7-18(8-11-20)9-12-21(24)23-17-22(13-15-27-16-14-22)19-5-3-2-4-6-19/h2-8,10-11H,9,12-17H2,1H3,(H,23,24). The fourth-order valence-electron chi connectivity index (χ4n) is 3.64. The van der Waals surface area contributed by atoms with Gasteiger partial charge in [0, 0.05) is 37.9 Å². The summed E-state index contributed by atoms with van der Waals surface area (Å²) in [7, 11) is -3.19. The number of ether oxygens (including phenoxy) is 1. The number of sulfone groups is 1. The van der Waals surface area contributed by atoms with Crippen molar-refractivity contribution >= 4 is 15.7 Å². The zero-order valence-corrected chi connectivity index (χ0v) is 17.0. The van der Waals surface area contributed by atoms with Crippen molar-refractivity contribution in [3.05, 3.63) is 65.7 Å². The summed E-state index contributed by atoms with van der Waals surface area (Å²) in [5.41, 5.74) is 2.12. The molecular weight excluding hydrogens is 374 g/mol. The Kier molecular flexibility index (Phi) is 6.52. The van der Waals surface area contributed by atoms with Gasteiger partial charge in [0.1, 0.15) is 0 Å². The first kappa shape index (κ1) is 20.6. The molecule has 0 unspecified atom stereocenters. The van der Waals surface area contributed by atoms with E-state index in [2.05, 4.69) is 17.4 Å². The van der Waals surface area contributed by atoms with Crippen LogP contribution < -0.4 is 5.32 Å². The summed E-state index contributed by atoms with van der Waals surface area (Å²) < 4.78 is 28.6. The average Bonchev–Trinajstić information content (AvgIpc) is 2.72. The number of aryl methyl sites for hydroxylation is 1. The van der Waals surface area contributed by atoms with Crippen LogP contribution in [0.15, 0.2) is 59.5 Å². The lowest BCUT2D eigenvalue weighted by Gasteiger charge is -2.38. The van der Waals surface area contributed by atoms with Gasteiger partial charge in [0.2, 0.25) is 5.91 Å². The Morgan fingerprint density at radius 2 is 1.68 bits per heavy atom. The summed E-state index contributed by atoms with van der Waals surface area (Å²) in [6, 6.07) is 17.1. The molecule has 1 aliphatic heterocycles. The van der Waals surface area contributed by atoms with Crippen LogP contribution in [0.4, 0.5) is 0 Å². The van der Waals surface area contributed by atoms with E-state index >= 15 is 0 Å². The number of benzene rings is 2. The highest BCUT2D eigenvalue weighted by Gasteiger charge is 2.34. The fourth-order valence-corrected chi connectivity index (χ4v) is 4.27. The van der Waals surface area contributed by atoms with E-state index in [4.69, 9.17) is 4.74 Å². The van der Waals surface area contributed by atoms with Crippen LogP contribution in [0.1, 0.15) is 30.4 Å². The second-order valence-electron chi connectivity index (χ2n) is 7.45. The molecule has 2 aromatic rings. The number of carbonyl (C=O) groups is 1. The molecular formula is C22H27NO4S. The molecule has 1 fully saturated rings. The molecule has 1 aliphatic rings. The molecule has 150 valence electrons. The Labute approximate surface area is 167 Å². The zero-order chi connectivity index (χ0) is 20.0. The van der Waals surface area contributed by atoms with Gasteiger partial charge in [-0.15, -0.1) is 0 Å². The molecule has 2 aromatic carbocycles. The first-order valence-electron chi connectivity index (χ1n) is 9.58. The van der Waals surface area contributed by atoms with Crippen molar-refractivity contribution in [1.29, 1.82) is 0 Å². The van der Waals surface area contributed by atoms with Gasteiger partial charge < -0.3 is 10.1 Å². The molecule has 1 N–H and O–H groups in total. The second-order valence-corrected chi connectivity index (χ2v) is 9.47. The Morgan fingerprint density at radius 3 is 2.29 bits per heavy atom. The van der Waals surface area contributed by atoms with Crippen molar-refractivity contribution < 1.29 is 17.9 Å². The second kappa shape index (κ2) is 8.88. The predicted octanol–water partition coefficient (Wildman–Crippen LogP) is 2.89. The third-order valence-corrected chi connectivity index (χ3v) is 6.58. The van der Waals surface area contributed by atoms with Crippen molar-refractivity contribution in [3.8, 4) is 0 Å². The first-order chi connectivity index (χ1) is 13.4. The lowest BCUT2D eigenvalue weighted by Crippen LogP contribution is -2.44. The van der Waals surface area contributed by atoms with E-state index in [0.29, 0.717) is 37.5 Å². The molecule has 5 nitrogen and oxygen atoms in total. The summed E-state index contributed by atoms with van der Waals surface area (Å²) in [4.78, 5) is 12.7. The van der Waals surface area contributed by atoms with Crippen LogP contribution >= 0.6 is 0 Å². The number of carbonyl (C=O) groups excluding carboxylic acids is 1. The summed E-state index contributed by atoms with van der Waals surface area (Å²) in [6.45, 7) is 2.02. The third kappa shape index (κ3) is 5.20. The van der Waals surface area contributed by atoms with E-state index in [0.717, 1.165) is 18.4 Å². The minimum Gasteiger partial charge on any atom is -0.381 e. The van der Waals surface area contributed by atoms with Crippen molar-refractivity contribution in [1.82, 2.24) is 5.32 Å². The highest BCUT2D eigenvalue weighted by Crippen LogP contribution is 2.34. The monoisotopic (exact) mass is 401 g/mol. The number of amides is 1. The van der Waals surface area contributed by atoms with Gasteiger partial charge in [0.25, 0.3) is 0 Å². The highest BCUT2D eigenvalue weighted by atomic mass is 32.2. The SMILES string of the molecule is CS(=O)(=O)c1ccc(CCC(=O)NCC2(c3ccccc3)CCOCC2)cc1. The normalized spacial score (nSPS) is 16.5. The Hall–Kier alpha value is -2.18. The number of hydrogen-bond acceptors (Lipinski definition) is 4. The van der Waals surface area contributed by atoms with Gasteiger partial charge in [-0.25, -0.2) is 8.42 Å². The van der Waals surface area contributed by atoms with Gasteiger partial charge in [-0.05, 0) is 42.5 Å². The van der Waals surface area contributed by atoms with E-state index in [1.807, 2.05) is 18.2 Å². The van der Waals surface area contributed by atoms with Gasteiger partial charge in [-0.1, -0.05) is 42.5 Å². The van der Waals surface area contributed by atoms with Crippen LogP contribution in [0.5, 0.6) is 0 Å². The summed E-state index contributed by atoms with van der Waals surface area (Å²) in [5.74, 6) is 0.00832. The van der Waals surface area contributed by atoms with E-state index in [1.54, 1.807) is 24.3 Å². The Balaban J connectivity index is 1.57. The lowest BCUT2D eigenvalue weighted by molar-refractivity contribution is -0.121. The molecule has 6 heteroatoms. The lowest BCUT2D eigenvalue weighted by atomic mass is 9.74. The molecule has 0 aliphatic carbocycles. The summed E-state index contributed by atoms with van der Waals surface area (Å²) >= 11 is 0. The maximum atomic E-state index is 12.4. The molecule has 1 saturated heterocycles. The summed E-state index contributed by atoms with van der Waals surface area (Å²) in [5, 5.41) is 3.11. The predicted molar refractivity (Wildman–Crippen MR) is 109 cm³/mol. The average molecular weight is 402 g/mol. The van der Waals surface area contributed by atoms with Gasteiger partial charge in [-0.3, -0.25) is 4.79 Å². The van der Waals surface area contributed by atoms with E-state index < -0.39 is 9.84 Å². The molecule has 1 heterocycles. The quantitative estimate of drug-likeness (QED) is 0.774. The van der Waals surface area contributed by atoms with Crippen LogP contribution in [0.2, 0.25) is 0 Å². The maximum absolute atomic E-state index is 12.4. The molecule has 0 aromatic heterocycles. The highest BCUT2D eigenvalue weighted by molar-refractivity contribution is 7.90. The van der Waals surface area contributed by atoms with E-state index in [9.17, 15) is 13.2 Å². The Morgan fingerprint density at radius 1 is 1.04 bits per heavy atom. The Bertz CT molecular complexity index is 886. The zero-order valence-electron chi connectivity index (χ0n) is 16.2. The smallest absolute Gasteiger partial charge is 0.220 e. The number of hydrogen-bond donors (Lipinski definition) is 1. The molecule has 0 spiro atoms. The number of rotatable bonds is 7. The first-order valence-corrected chi connectivity index (χ1v) is 11.5. The molecule has 0 radical (unpaired) electrons.